The SMILES string of the molecule is CCc1cc2[nH]c(=O)n(CS(C)(=O)=O)c(=O)c2cc1-c1ccnn1C. The molecule has 0 aliphatic rings. The predicted molar refractivity (Wildman–Crippen MR) is 95.3 cm³/mol. The summed E-state index contributed by atoms with van der Waals surface area (Å²) in [5.41, 5.74) is 1.63. The molecule has 8 nitrogen and oxygen atoms in total. The molecule has 25 heavy (non-hydrogen) atoms. The Morgan fingerprint density at radius 3 is 2.52 bits per heavy atom. The van der Waals surface area contributed by atoms with Gasteiger partial charge in [-0.05, 0) is 30.2 Å². The highest BCUT2D eigenvalue weighted by Gasteiger charge is 2.16. The minimum absolute atomic E-state index is 0.261. The van der Waals surface area contributed by atoms with Crippen molar-refractivity contribution in [2.75, 3.05) is 6.26 Å². The Hall–Kier alpha value is -2.68. The van der Waals surface area contributed by atoms with E-state index >= 15 is 0 Å². The summed E-state index contributed by atoms with van der Waals surface area (Å²) in [5.74, 6) is -0.659. The largest absolute Gasteiger partial charge is 0.329 e. The number of sulfone groups is 1. The number of nitrogens with one attached hydrogen (secondary N) is 1. The Morgan fingerprint density at radius 1 is 1.24 bits per heavy atom. The maximum atomic E-state index is 12.7. The van der Waals surface area contributed by atoms with Crippen LogP contribution in [0.1, 0.15) is 12.5 Å². The van der Waals surface area contributed by atoms with Gasteiger partial charge in [0.1, 0.15) is 5.88 Å². The summed E-state index contributed by atoms with van der Waals surface area (Å²) in [5, 5.41) is 4.41. The molecule has 9 heteroatoms. The van der Waals surface area contributed by atoms with Crippen LogP contribution in [0, 0.1) is 0 Å². The van der Waals surface area contributed by atoms with Crippen LogP contribution in [-0.2, 0) is 29.2 Å². The first kappa shape index (κ1) is 17.2. The van der Waals surface area contributed by atoms with E-state index in [0.717, 1.165) is 23.1 Å². The zero-order valence-electron chi connectivity index (χ0n) is 14.1. The normalized spacial score (nSPS) is 12.0. The second-order valence-electron chi connectivity index (χ2n) is 5.97. The van der Waals surface area contributed by atoms with E-state index in [1.165, 1.54) is 0 Å². The van der Waals surface area contributed by atoms with Gasteiger partial charge in [0.25, 0.3) is 5.56 Å². The lowest BCUT2D eigenvalue weighted by atomic mass is 10.00. The molecule has 0 fully saturated rings. The van der Waals surface area contributed by atoms with E-state index in [0.29, 0.717) is 16.5 Å². The third kappa shape index (κ3) is 3.14. The fourth-order valence-electron chi connectivity index (χ4n) is 2.87. The predicted octanol–water partition coefficient (Wildman–Crippen LogP) is 0.655. The van der Waals surface area contributed by atoms with Crippen LogP contribution in [-0.4, -0.2) is 34.0 Å². The number of benzene rings is 1. The first-order chi connectivity index (χ1) is 11.7. The molecule has 0 unspecified atom stereocenters. The van der Waals surface area contributed by atoms with Gasteiger partial charge >= 0.3 is 5.69 Å². The maximum absolute atomic E-state index is 12.7. The molecule has 2 aromatic heterocycles. The number of aryl methyl sites for hydroxylation is 2. The van der Waals surface area contributed by atoms with Crippen molar-refractivity contribution >= 4 is 20.7 Å². The molecule has 0 spiro atoms. The summed E-state index contributed by atoms with van der Waals surface area (Å²) < 4.78 is 25.4. The molecule has 3 aromatic rings. The number of nitrogens with zero attached hydrogens (tertiary/aromatic N) is 3. The highest BCUT2D eigenvalue weighted by atomic mass is 32.2. The summed E-state index contributed by atoms with van der Waals surface area (Å²) in [6.07, 6.45) is 3.34. The van der Waals surface area contributed by atoms with Crippen molar-refractivity contribution < 1.29 is 8.42 Å². The van der Waals surface area contributed by atoms with Gasteiger partial charge < -0.3 is 4.98 Å². The number of rotatable bonds is 4. The molecule has 0 amide bonds. The van der Waals surface area contributed by atoms with E-state index in [1.54, 1.807) is 30.1 Å². The molecule has 0 saturated heterocycles. The Bertz CT molecular complexity index is 1190. The summed E-state index contributed by atoms with van der Waals surface area (Å²) >= 11 is 0. The fourth-order valence-corrected chi connectivity index (χ4v) is 3.57. The molecule has 0 atom stereocenters. The second kappa shape index (κ2) is 5.99. The van der Waals surface area contributed by atoms with Crippen molar-refractivity contribution in [2.45, 2.75) is 19.2 Å². The second-order valence-corrected chi connectivity index (χ2v) is 8.08. The van der Waals surface area contributed by atoms with Crippen molar-refractivity contribution in [2.24, 2.45) is 7.05 Å². The van der Waals surface area contributed by atoms with Gasteiger partial charge in [-0.1, -0.05) is 6.92 Å². The smallest absolute Gasteiger partial charge is 0.307 e. The summed E-state index contributed by atoms with van der Waals surface area (Å²) in [6.45, 7) is 1.98. The van der Waals surface area contributed by atoms with Crippen molar-refractivity contribution in [1.82, 2.24) is 19.3 Å². The van der Waals surface area contributed by atoms with Crippen LogP contribution in [0.2, 0.25) is 0 Å². The van der Waals surface area contributed by atoms with Crippen molar-refractivity contribution in [3.8, 4) is 11.3 Å². The fraction of sp³-hybridized carbons (Fsp3) is 0.312. The lowest BCUT2D eigenvalue weighted by Crippen LogP contribution is -2.37. The van der Waals surface area contributed by atoms with E-state index < -0.39 is 27.0 Å². The van der Waals surface area contributed by atoms with Gasteiger partial charge in [0, 0.05) is 25.1 Å². The average molecular weight is 362 g/mol. The van der Waals surface area contributed by atoms with Crippen LogP contribution < -0.4 is 11.2 Å². The summed E-state index contributed by atoms with van der Waals surface area (Å²) in [6, 6.07) is 5.27. The number of hydrogen-bond acceptors (Lipinski definition) is 5. The van der Waals surface area contributed by atoms with Crippen LogP contribution in [0.4, 0.5) is 0 Å². The van der Waals surface area contributed by atoms with Crippen molar-refractivity contribution in [3.05, 3.63) is 50.8 Å². The van der Waals surface area contributed by atoms with Gasteiger partial charge in [0.05, 0.1) is 16.6 Å². The zero-order chi connectivity index (χ0) is 18.4. The molecule has 2 heterocycles. The highest BCUT2D eigenvalue weighted by Crippen LogP contribution is 2.26. The van der Waals surface area contributed by atoms with E-state index in [1.807, 2.05) is 13.0 Å². The molecular formula is C16H18N4O4S. The molecule has 132 valence electrons. The number of H-pyrrole nitrogens is 1. The number of hydrogen-bond donors (Lipinski definition) is 1. The first-order valence-electron chi connectivity index (χ1n) is 7.67. The summed E-state index contributed by atoms with van der Waals surface area (Å²) in [4.78, 5) is 27.4. The van der Waals surface area contributed by atoms with Crippen LogP contribution in [0.25, 0.3) is 22.2 Å². The minimum atomic E-state index is -3.53. The lowest BCUT2D eigenvalue weighted by molar-refractivity contribution is 0.584. The monoisotopic (exact) mass is 362 g/mol. The molecule has 0 radical (unpaired) electrons. The number of fused-ring (bicyclic) bond motifs is 1. The van der Waals surface area contributed by atoms with Crippen LogP contribution in [0.5, 0.6) is 0 Å². The van der Waals surface area contributed by atoms with E-state index in [2.05, 4.69) is 10.1 Å². The molecule has 1 aromatic carbocycles. The first-order valence-corrected chi connectivity index (χ1v) is 9.73. The minimum Gasteiger partial charge on any atom is -0.307 e. The van der Waals surface area contributed by atoms with Gasteiger partial charge in [-0.15, -0.1) is 0 Å². The highest BCUT2D eigenvalue weighted by molar-refractivity contribution is 7.89. The van der Waals surface area contributed by atoms with Gasteiger partial charge in [-0.2, -0.15) is 5.10 Å². The number of aromatic nitrogens is 4. The molecule has 0 aliphatic heterocycles. The third-order valence-corrected chi connectivity index (χ3v) is 4.77. The van der Waals surface area contributed by atoms with Crippen molar-refractivity contribution in [1.29, 1.82) is 0 Å². The zero-order valence-corrected chi connectivity index (χ0v) is 14.9. The van der Waals surface area contributed by atoms with E-state index in [9.17, 15) is 18.0 Å². The molecule has 3 rings (SSSR count). The number of aromatic amines is 1. The van der Waals surface area contributed by atoms with Gasteiger partial charge in [0.15, 0.2) is 9.84 Å². The van der Waals surface area contributed by atoms with Gasteiger partial charge in [-0.3, -0.25) is 9.48 Å². The Balaban J connectivity index is 2.36. The van der Waals surface area contributed by atoms with Crippen LogP contribution >= 0.6 is 0 Å². The standard InChI is InChI=1S/C16H18N4O4S/c1-4-10-7-13-12(8-11(10)14-5-6-17-19(14)2)15(21)20(16(22)18-13)9-25(3,23)24/h5-8H,4,9H2,1-3H3,(H,18,22). The Morgan fingerprint density at radius 2 is 1.96 bits per heavy atom. The van der Waals surface area contributed by atoms with E-state index in [-0.39, 0.29) is 5.39 Å². The maximum Gasteiger partial charge on any atom is 0.329 e. The average Bonchev–Trinajstić information content (AvgIpc) is 2.95. The lowest BCUT2D eigenvalue weighted by Gasteiger charge is -2.11. The molecular weight excluding hydrogens is 344 g/mol. The molecule has 0 aliphatic carbocycles. The summed E-state index contributed by atoms with van der Waals surface area (Å²) in [7, 11) is -1.74. The molecule has 0 saturated carbocycles. The van der Waals surface area contributed by atoms with Crippen LogP contribution in [0.3, 0.4) is 0 Å². The van der Waals surface area contributed by atoms with Gasteiger partial charge in [-0.25, -0.2) is 17.8 Å². The van der Waals surface area contributed by atoms with Gasteiger partial charge in [0.2, 0.25) is 0 Å². The topological polar surface area (TPSA) is 107 Å². The Labute approximate surface area is 143 Å². The van der Waals surface area contributed by atoms with Crippen molar-refractivity contribution in [3.63, 3.8) is 0 Å². The van der Waals surface area contributed by atoms with Crippen LogP contribution in [0.15, 0.2) is 34.0 Å². The quantitative estimate of drug-likeness (QED) is 0.733. The molecule has 1 N–H and O–H groups in total. The van der Waals surface area contributed by atoms with E-state index in [4.69, 9.17) is 0 Å². The third-order valence-electron chi connectivity index (χ3n) is 4.05. The Kier molecular flexibility index (Phi) is 4.11. The molecule has 0 bridgehead atoms.